The van der Waals surface area contributed by atoms with E-state index in [9.17, 15) is 4.79 Å². The lowest BCUT2D eigenvalue weighted by atomic mass is 9.97. The van der Waals surface area contributed by atoms with Crippen LogP contribution in [0.1, 0.15) is 33.6 Å². The molecule has 4 nitrogen and oxygen atoms in total. The lowest BCUT2D eigenvalue weighted by Crippen LogP contribution is -2.46. The van der Waals surface area contributed by atoms with Gasteiger partial charge in [0.05, 0.1) is 6.61 Å². The molecule has 0 fully saturated rings. The highest BCUT2D eigenvalue weighted by molar-refractivity contribution is 5.79. The molecule has 0 radical (unpaired) electrons. The summed E-state index contributed by atoms with van der Waals surface area (Å²) >= 11 is 0. The minimum atomic E-state index is -0.897. The van der Waals surface area contributed by atoms with Crippen molar-refractivity contribution in [3.8, 4) is 0 Å². The highest BCUT2D eigenvalue weighted by Crippen LogP contribution is 2.16. The molecule has 0 saturated carbocycles. The van der Waals surface area contributed by atoms with Crippen LogP contribution in [0.4, 0.5) is 5.69 Å². The van der Waals surface area contributed by atoms with Crippen molar-refractivity contribution in [1.82, 2.24) is 0 Å². The number of rotatable bonds is 8. The maximum atomic E-state index is 11.7. The van der Waals surface area contributed by atoms with Crippen LogP contribution in [0, 0.1) is 0 Å². The van der Waals surface area contributed by atoms with E-state index in [1.807, 2.05) is 18.2 Å². The van der Waals surface area contributed by atoms with Crippen molar-refractivity contribution in [2.24, 2.45) is 5.73 Å². The molecular formula is C16H26N2O2. The molecule has 112 valence electrons. The van der Waals surface area contributed by atoms with Crippen LogP contribution < -0.4 is 10.6 Å². The van der Waals surface area contributed by atoms with E-state index in [-0.39, 0.29) is 5.97 Å². The first kappa shape index (κ1) is 16.5. The molecule has 0 spiro atoms. The van der Waals surface area contributed by atoms with E-state index in [4.69, 9.17) is 10.5 Å². The Hall–Kier alpha value is -1.55. The molecule has 0 aliphatic carbocycles. The second-order valence-corrected chi connectivity index (χ2v) is 5.16. The van der Waals surface area contributed by atoms with Gasteiger partial charge < -0.3 is 15.4 Å². The Morgan fingerprint density at radius 3 is 2.50 bits per heavy atom. The molecule has 1 rings (SSSR count). The normalized spacial score (nSPS) is 13.6. The molecule has 0 aliphatic heterocycles. The van der Waals surface area contributed by atoms with Crippen LogP contribution >= 0.6 is 0 Å². The molecular weight excluding hydrogens is 252 g/mol. The fourth-order valence-electron chi connectivity index (χ4n) is 2.14. The first-order valence-electron chi connectivity index (χ1n) is 7.27. The van der Waals surface area contributed by atoms with E-state index in [1.54, 1.807) is 13.8 Å². The molecule has 0 aliphatic rings. The van der Waals surface area contributed by atoms with Crippen molar-refractivity contribution in [1.29, 1.82) is 0 Å². The SMILES string of the molecule is CCOC(=O)C(C)(N)CCCN(CC)c1ccccc1. The predicted octanol–water partition coefficient (Wildman–Crippen LogP) is 2.57. The molecule has 0 aromatic heterocycles. The predicted molar refractivity (Wildman–Crippen MR) is 82.8 cm³/mol. The Labute approximate surface area is 121 Å². The zero-order valence-electron chi connectivity index (χ0n) is 12.8. The second-order valence-electron chi connectivity index (χ2n) is 5.16. The Balaban J connectivity index is 2.48. The molecule has 1 aromatic carbocycles. The standard InChI is InChI=1S/C16H26N2O2/c1-4-18(14-10-7-6-8-11-14)13-9-12-16(3,17)15(19)20-5-2/h6-8,10-11H,4-5,9,12-13,17H2,1-3H3. The lowest BCUT2D eigenvalue weighted by molar-refractivity contribution is -0.149. The Kier molecular flexibility index (Phi) is 6.52. The zero-order chi connectivity index (χ0) is 15.0. The molecule has 0 amide bonds. The van der Waals surface area contributed by atoms with Crippen molar-refractivity contribution in [3.05, 3.63) is 30.3 Å². The van der Waals surface area contributed by atoms with Crippen LogP contribution in [-0.4, -0.2) is 31.2 Å². The van der Waals surface area contributed by atoms with Crippen LogP contribution in [0.25, 0.3) is 0 Å². The third-order valence-corrected chi connectivity index (χ3v) is 3.37. The average Bonchev–Trinajstić information content (AvgIpc) is 2.45. The smallest absolute Gasteiger partial charge is 0.325 e. The molecule has 1 aromatic rings. The number of carbonyl (C=O) groups excluding carboxylic acids is 1. The van der Waals surface area contributed by atoms with Crippen molar-refractivity contribution in [3.63, 3.8) is 0 Å². The van der Waals surface area contributed by atoms with Gasteiger partial charge in [0, 0.05) is 18.8 Å². The number of hydrogen-bond donors (Lipinski definition) is 1. The number of para-hydroxylation sites is 1. The molecule has 0 bridgehead atoms. The number of anilines is 1. The van der Waals surface area contributed by atoms with Gasteiger partial charge in [-0.3, -0.25) is 4.79 Å². The topological polar surface area (TPSA) is 55.6 Å². The highest BCUT2D eigenvalue weighted by atomic mass is 16.5. The summed E-state index contributed by atoms with van der Waals surface area (Å²) in [5, 5.41) is 0. The first-order valence-corrected chi connectivity index (χ1v) is 7.27. The van der Waals surface area contributed by atoms with Crippen LogP contribution in [0.5, 0.6) is 0 Å². The summed E-state index contributed by atoms with van der Waals surface area (Å²) in [5.74, 6) is -0.317. The van der Waals surface area contributed by atoms with E-state index >= 15 is 0 Å². The summed E-state index contributed by atoms with van der Waals surface area (Å²) in [6.07, 6.45) is 1.48. The monoisotopic (exact) mass is 278 g/mol. The molecule has 0 heterocycles. The van der Waals surface area contributed by atoms with E-state index in [0.29, 0.717) is 13.0 Å². The largest absolute Gasteiger partial charge is 0.465 e. The van der Waals surface area contributed by atoms with Gasteiger partial charge in [0.25, 0.3) is 0 Å². The summed E-state index contributed by atoms with van der Waals surface area (Å²) in [5.41, 5.74) is 6.32. The van der Waals surface area contributed by atoms with E-state index in [1.165, 1.54) is 5.69 Å². The van der Waals surface area contributed by atoms with Crippen LogP contribution in [0.15, 0.2) is 30.3 Å². The van der Waals surface area contributed by atoms with Gasteiger partial charge in [-0.25, -0.2) is 0 Å². The van der Waals surface area contributed by atoms with Gasteiger partial charge in [0.15, 0.2) is 0 Å². The van der Waals surface area contributed by atoms with Gasteiger partial charge in [-0.15, -0.1) is 0 Å². The maximum Gasteiger partial charge on any atom is 0.325 e. The van der Waals surface area contributed by atoms with Gasteiger partial charge in [-0.05, 0) is 45.7 Å². The number of nitrogens with zero attached hydrogens (tertiary/aromatic N) is 1. The zero-order valence-corrected chi connectivity index (χ0v) is 12.8. The van der Waals surface area contributed by atoms with Crippen LogP contribution in [0.2, 0.25) is 0 Å². The summed E-state index contributed by atoms with van der Waals surface area (Å²) in [4.78, 5) is 14.0. The minimum Gasteiger partial charge on any atom is -0.465 e. The van der Waals surface area contributed by atoms with Crippen LogP contribution in [0.3, 0.4) is 0 Å². The van der Waals surface area contributed by atoms with E-state index < -0.39 is 5.54 Å². The van der Waals surface area contributed by atoms with Gasteiger partial charge >= 0.3 is 5.97 Å². The number of hydrogen-bond acceptors (Lipinski definition) is 4. The third-order valence-electron chi connectivity index (χ3n) is 3.37. The Bertz CT molecular complexity index is 404. The molecule has 1 atom stereocenters. The van der Waals surface area contributed by atoms with Gasteiger partial charge in [-0.2, -0.15) is 0 Å². The third kappa shape index (κ3) is 4.85. The summed E-state index contributed by atoms with van der Waals surface area (Å²) in [7, 11) is 0. The second kappa shape index (κ2) is 7.90. The van der Waals surface area contributed by atoms with Crippen molar-refractivity contribution < 1.29 is 9.53 Å². The van der Waals surface area contributed by atoms with Crippen molar-refractivity contribution in [2.45, 2.75) is 39.2 Å². The van der Waals surface area contributed by atoms with Crippen molar-refractivity contribution >= 4 is 11.7 Å². The molecule has 0 saturated heterocycles. The molecule has 4 heteroatoms. The summed E-state index contributed by atoms with van der Waals surface area (Å²) in [6.45, 7) is 7.85. The number of esters is 1. The quantitative estimate of drug-likeness (QED) is 0.743. The van der Waals surface area contributed by atoms with Gasteiger partial charge in [0.1, 0.15) is 5.54 Å². The summed E-state index contributed by atoms with van der Waals surface area (Å²) < 4.78 is 5.00. The fourth-order valence-corrected chi connectivity index (χ4v) is 2.14. The van der Waals surface area contributed by atoms with E-state index in [2.05, 4.69) is 24.0 Å². The Morgan fingerprint density at radius 2 is 1.95 bits per heavy atom. The lowest BCUT2D eigenvalue weighted by Gasteiger charge is -2.26. The molecule has 1 unspecified atom stereocenters. The van der Waals surface area contributed by atoms with Crippen molar-refractivity contribution in [2.75, 3.05) is 24.6 Å². The number of ether oxygens (including phenoxy) is 1. The minimum absolute atomic E-state index is 0.317. The van der Waals surface area contributed by atoms with Gasteiger partial charge in [-0.1, -0.05) is 18.2 Å². The van der Waals surface area contributed by atoms with E-state index in [0.717, 1.165) is 19.5 Å². The number of carbonyl (C=O) groups is 1. The average molecular weight is 278 g/mol. The Morgan fingerprint density at radius 1 is 1.30 bits per heavy atom. The number of nitrogens with two attached hydrogens (primary N) is 1. The maximum absolute atomic E-state index is 11.7. The fraction of sp³-hybridized carbons (Fsp3) is 0.562. The molecule has 2 N–H and O–H groups in total. The summed E-state index contributed by atoms with van der Waals surface area (Å²) in [6, 6.07) is 10.3. The first-order chi connectivity index (χ1) is 9.51. The number of benzene rings is 1. The highest BCUT2D eigenvalue weighted by Gasteiger charge is 2.29. The van der Waals surface area contributed by atoms with Gasteiger partial charge in [0.2, 0.25) is 0 Å². The molecule has 20 heavy (non-hydrogen) atoms. The van der Waals surface area contributed by atoms with Crippen LogP contribution in [-0.2, 0) is 9.53 Å².